The minimum Gasteiger partial charge on any atom is -0.392 e. The van der Waals surface area contributed by atoms with E-state index in [2.05, 4.69) is 26.0 Å². The lowest BCUT2D eigenvalue weighted by Gasteiger charge is -2.23. The van der Waals surface area contributed by atoms with Gasteiger partial charge in [0.15, 0.2) is 0 Å². The van der Waals surface area contributed by atoms with Crippen molar-refractivity contribution in [1.82, 2.24) is 0 Å². The summed E-state index contributed by atoms with van der Waals surface area (Å²) in [6, 6.07) is 10.3. The van der Waals surface area contributed by atoms with Gasteiger partial charge in [-0.2, -0.15) is 0 Å². The molecule has 0 radical (unpaired) electrons. The average molecular weight is 319 g/mol. The van der Waals surface area contributed by atoms with Crippen LogP contribution in [0.3, 0.4) is 0 Å². The van der Waals surface area contributed by atoms with Gasteiger partial charge in [-0.05, 0) is 31.2 Å². The molecular weight excluding hydrogens is 284 g/mol. The molecule has 0 aromatic heterocycles. The van der Waals surface area contributed by atoms with Crippen LogP contribution >= 0.6 is 0 Å². The molecule has 0 heterocycles. The van der Waals surface area contributed by atoms with Crippen LogP contribution in [0.15, 0.2) is 30.3 Å². The van der Waals surface area contributed by atoms with E-state index in [1.165, 1.54) is 37.7 Å². The first-order valence-electron chi connectivity index (χ1n) is 9.46. The zero-order valence-corrected chi connectivity index (χ0v) is 14.9. The second-order valence-electron chi connectivity index (χ2n) is 7.68. The lowest BCUT2D eigenvalue weighted by molar-refractivity contribution is 0.0128. The largest absolute Gasteiger partial charge is 0.392 e. The number of hydrogen-bond donors (Lipinski definition) is 2. The first-order chi connectivity index (χ1) is 11.0. The third-order valence-corrected chi connectivity index (χ3v) is 5.83. The monoisotopic (exact) mass is 318 g/mol. The summed E-state index contributed by atoms with van der Waals surface area (Å²) in [5, 5.41) is 21.3. The van der Waals surface area contributed by atoms with Crippen molar-refractivity contribution in [3.8, 4) is 0 Å². The Hall–Kier alpha value is -0.860. The number of rotatable bonds is 11. The number of unbranched alkanes of at least 4 members (excludes halogenated alkanes) is 5. The molecule has 130 valence electrons. The fourth-order valence-electron chi connectivity index (χ4n) is 3.80. The Balaban J connectivity index is 1.70. The first kappa shape index (κ1) is 18.5. The van der Waals surface area contributed by atoms with E-state index in [-0.39, 0.29) is 11.5 Å². The van der Waals surface area contributed by atoms with Crippen molar-refractivity contribution in [1.29, 1.82) is 0 Å². The van der Waals surface area contributed by atoms with Crippen LogP contribution in [0.25, 0.3) is 0 Å². The molecule has 0 saturated heterocycles. The van der Waals surface area contributed by atoms with Crippen LogP contribution in [0.4, 0.5) is 0 Å². The molecule has 1 aliphatic rings. The van der Waals surface area contributed by atoms with Crippen LogP contribution in [0.5, 0.6) is 0 Å². The van der Waals surface area contributed by atoms with Crippen molar-refractivity contribution >= 4 is 0 Å². The van der Waals surface area contributed by atoms with Crippen molar-refractivity contribution in [2.75, 3.05) is 0 Å². The molecule has 0 unspecified atom stereocenters. The minimum absolute atomic E-state index is 0.300. The standard InChI is InChI=1S/C21H34O2/c1-3-4-5-6-7-11-14-19(22)20(2)17-21(20,23)16-15-18-12-9-8-10-13-18/h8-10,12-13,19,22-23H,3-7,11,14-17H2,1-2H3/t19-,20-,21-/m0/s1. The van der Waals surface area contributed by atoms with Gasteiger partial charge in [-0.3, -0.25) is 0 Å². The van der Waals surface area contributed by atoms with Gasteiger partial charge in [0.1, 0.15) is 0 Å². The maximum atomic E-state index is 10.8. The van der Waals surface area contributed by atoms with Gasteiger partial charge in [-0.25, -0.2) is 0 Å². The van der Waals surface area contributed by atoms with E-state index in [1.807, 2.05) is 18.2 Å². The predicted molar refractivity (Wildman–Crippen MR) is 96.4 cm³/mol. The van der Waals surface area contributed by atoms with Crippen LogP contribution in [0, 0.1) is 5.41 Å². The number of aryl methyl sites for hydroxylation is 1. The Labute approximate surface area is 141 Å². The van der Waals surface area contributed by atoms with E-state index in [0.717, 1.165) is 32.1 Å². The van der Waals surface area contributed by atoms with E-state index in [9.17, 15) is 10.2 Å². The van der Waals surface area contributed by atoms with Gasteiger partial charge < -0.3 is 10.2 Å². The molecule has 0 amide bonds. The van der Waals surface area contributed by atoms with Crippen molar-refractivity contribution < 1.29 is 10.2 Å². The summed E-state index contributed by atoms with van der Waals surface area (Å²) in [7, 11) is 0. The Kier molecular flexibility index (Phi) is 6.67. The van der Waals surface area contributed by atoms with Crippen molar-refractivity contribution in [3.05, 3.63) is 35.9 Å². The molecule has 1 aromatic rings. The highest BCUT2D eigenvalue weighted by Crippen LogP contribution is 2.61. The zero-order valence-electron chi connectivity index (χ0n) is 14.9. The number of aliphatic hydroxyl groups excluding tert-OH is 1. The molecule has 1 aliphatic carbocycles. The molecule has 1 fully saturated rings. The highest BCUT2D eigenvalue weighted by Gasteiger charge is 2.66. The molecule has 1 saturated carbocycles. The van der Waals surface area contributed by atoms with E-state index in [0.29, 0.717) is 0 Å². The van der Waals surface area contributed by atoms with Crippen LogP contribution < -0.4 is 0 Å². The number of aliphatic hydroxyl groups is 2. The smallest absolute Gasteiger partial charge is 0.0737 e. The lowest BCUT2D eigenvalue weighted by atomic mass is 9.90. The van der Waals surface area contributed by atoms with Gasteiger partial charge in [-0.15, -0.1) is 0 Å². The maximum absolute atomic E-state index is 10.8. The number of hydrogen-bond acceptors (Lipinski definition) is 2. The highest BCUT2D eigenvalue weighted by atomic mass is 16.3. The fourth-order valence-corrected chi connectivity index (χ4v) is 3.80. The normalized spacial score (nSPS) is 27.8. The van der Waals surface area contributed by atoms with Gasteiger partial charge in [-0.1, -0.05) is 82.7 Å². The Morgan fingerprint density at radius 2 is 1.70 bits per heavy atom. The van der Waals surface area contributed by atoms with Gasteiger partial charge in [0.05, 0.1) is 11.7 Å². The van der Waals surface area contributed by atoms with E-state index < -0.39 is 5.60 Å². The van der Waals surface area contributed by atoms with Crippen molar-refractivity contribution in [2.24, 2.45) is 5.41 Å². The average Bonchev–Trinajstić information content (AvgIpc) is 3.13. The topological polar surface area (TPSA) is 40.5 Å². The van der Waals surface area contributed by atoms with E-state index in [1.54, 1.807) is 0 Å². The lowest BCUT2D eigenvalue weighted by Crippen LogP contribution is -2.29. The molecule has 2 heteroatoms. The van der Waals surface area contributed by atoms with Gasteiger partial charge in [0.25, 0.3) is 0 Å². The van der Waals surface area contributed by atoms with Crippen molar-refractivity contribution in [3.63, 3.8) is 0 Å². The third-order valence-electron chi connectivity index (χ3n) is 5.83. The van der Waals surface area contributed by atoms with Gasteiger partial charge >= 0.3 is 0 Å². The summed E-state index contributed by atoms with van der Waals surface area (Å²) in [6.45, 7) is 4.29. The predicted octanol–water partition coefficient (Wildman–Crippen LogP) is 4.87. The fraction of sp³-hybridized carbons (Fsp3) is 0.714. The first-order valence-corrected chi connectivity index (χ1v) is 9.46. The molecule has 2 N–H and O–H groups in total. The molecule has 0 spiro atoms. The summed E-state index contributed by atoms with van der Waals surface area (Å²) in [4.78, 5) is 0. The summed E-state index contributed by atoms with van der Waals surface area (Å²) < 4.78 is 0. The summed E-state index contributed by atoms with van der Waals surface area (Å²) in [5.74, 6) is 0. The molecule has 3 atom stereocenters. The van der Waals surface area contributed by atoms with E-state index >= 15 is 0 Å². The molecule has 23 heavy (non-hydrogen) atoms. The third kappa shape index (κ3) is 4.81. The van der Waals surface area contributed by atoms with Gasteiger partial charge in [0, 0.05) is 5.41 Å². The Morgan fingerprint density at radius 3 is 2.39 bits per heavy atom. The van der Waals surface area contributed by atoms with Crippen molar-refractivity contribution in [2.45, 2.75) is 89.8 Å². The molecule has 1 aromatic carbocycles. The molecular formula is C21H34O2. The van der Waals surface area contributed by atoms with Crippen LogP contribution in [-0.2, 0) is 6.42 Å². The van der Waals surface area contributed by atoms with Crippen LogP contribution in [0.1, 0.15) is 77.2 Å². The summed E-state index contributed by atoms with van der Waals surface area (Å²) in [5.41, 5.74) is 0.288. The quantitative estimate of drug-likeness (QED) is 0.571. The highest BCUT2D eigenvalue weighted by molar-refractivity contribution is 5.20. The zero-order chi connectivity index (χ0) is 16.8. The molecule has 0 bridgehead atoms. The van der Waals surface area contributed by atoms with Crippen LogP contribution in [-0.4, -0.2) is 21.9 Å². The second kappa shape index (κ2) is 8.30. The van der Waals surface area contributed by atoms with Crippen LogP contribution in [0.2, 0.25) is 0 Å². The Bertz CT molecular complexity index is 458. The minimum atomic E-state index is -0.676. The maximum Gasteiger partial charge on any atom is 0.0737 e. The van der Waals surface area contributed by atoms with E-state index in [4.69, 9.17) is 0 Å². The Morgan fingerprint density at radius 1 is 1.04 bits per heavy atom. The molecule has 2 rings (SSSR count). The second-order valence-corrected chi connectivity index (χ2v) is 7.68. The number of benzene rings is 1. The summed E-state index contributed by atoms with van der Waals surface area (Å²) in [6.07, 6.45) is 10.3. The van der Waals surface area contributed by atoms with Gasteiger partial charge in [0.2, 0.25) is 0 Å². The summed E-state index contributed by atoms with van der Waals surface area (Å²) >= 11 is 0. The molecule has 2 nitrogen and oxygen atoms in total. The SMILES string of the molecule is CCCCCCCC[C@H](O)[C@]1(C)C[C@@]1(O)CCc1ccccc1. The molecule has 0 aliphatic heterocycles.